The van der Waals surface area contributed by atoms with Gasteiger partial charge in [-0.1, -0.05) is 33.1 Å². The second kappa shape index (κ2) is 7.82. The van der Waals surface area contributed by atoms with Crippen LogP contribution in [0.2, 0.25) is 0 Å². The van der Waals surface area contributed by atoms with E-state index in [-0.39, 0.29) is 0 Å². The largest absolute Gasteiger partial charge is 0.335 e. The number of aryl methyl sites for hydroxylation is 1. The molecule has 0 radical (unpaired) electrons. The van der Waals surface area contributed by atoms with Gasteiger partial charge in [0.15, 0.2) is 0 Å². The summed E-state index contributed by atoms with van der Waals surface area (Å²) in [4.78, 5) is 4.68. The van der Waals surface area contributed by atoms with Crippen LogP contribution in [0.25, 0.3) is 0 Å². The van der Waals surface area contributed by atoms with Gasteiger partial charge >= 0.3 is 0 Å². The fourth-order valence-electron chi connectivity index (χ4n) is 3.44. The Morgan fingerprint density at radius 1 is 1.30 bits per heavy atom. The molecule has 1 aromatic heterocycles. The van der Waals surface area contributed by atoms with E-state index >= 15 is 0 Å². The topological polar surface area (TPSA) is 29.9 Å². The number of rotatable bonds is 6. The van der Waals surface area contributed by atoms with Gasteiger partial charge in [0.05, 0.1) is 0 Å². The lowest BCUT2D eigenvalue weighted by molar-refractivity contribution is 0.349. The summed E-state index contributed by atoms with van der Waals surface area (Å²) in [5.41, 5.74) is 0. The van der Waals surface area contributed by atoms with Crippen LogP contribution in [0, 0.1) is 11.8 Å². The molecule has 114 valence electrons. The Labute approximate surface area is 124 Å². The average Bonchev–Trinajstić information content (AvgIpc) is 2.78. The molecule has 0 spiro atoms. The standard InChI is InChI=1S/C17H31N3/c1-4-20-11-10-19-17(20)16-9-7-5-6-8-15(16)13-18-12-14(2)3/h10-11,14-16,18H,4-9,12-13H2,1-3H3. The number of hydrogen-bond donors (Lipinski definition) is 1. The molecule has 0 saturated heterocycles. The molecule has 1 heterocycles. The van der Waals surface area contributed by atoms with Gasteiger partial charge in [-0.15, -0.1) is 0 Å². The van der Waals surface area contributed by atoms with Crippen LogP contribution >= 0.6 is 0 Å². The summed E-state index contributed by atoms with van der Waals surface area (Å²) in [6.45, 7) is 10.1. The molecule has 3 nitrogen and oxygen atoms in total. The van der Waals surface area contributed by atoms with E-state index in [1.807, 2.05) is 6.20 Å². The second-order valence-electron chi connectivity index (χ2n) is 6.63. The summed E-state index contributed by atoms with van der Waals surface area (Å²) in [6.07, 6.45) is 10.9. The summed E-state index contributed by atoms with van der Waals surface area (Å²) in [5, 5.41) is 3.67. The van der Waals surface area contributed by atoms with Gasteiger partial charge < -0.3 is 9.88 Å². The minimum atomic E-state index is 0.645. The van der Waals surface area contributed by atoms with Crippen LogP contribution in [0.4, 0.5) is 0 Å². The maximum Gasteiger partial charge on any atom is 0.112 e. The zero-order valence-electron chi connectivity index (χ0n) is 13.4. The molecule has 1 fully saturated rings. The molecule has 2 atom stereocenters. The van der Waals surface area contributed by atoms with Crippen LogP contribution in [0.15, 0.2) is 12.4 Å². The van der Waals surface area contributed by atoms with Gasteiger partial charge in [-0.25, -0.2) is 4.98 Å². The molecule has 0 aliphatic heterocycles. The van der Waals surface area contributed by atoms with Crippen molar-refractivity contribution in [2.75, 3.05) is 13.1 Å². The third-order valence-electron chi connectivity index (χ3n) is 4.54. The lowest BCUT2D eigenvalue weighted by atomic mass is 9.87. The highest BCUT2D eigenvalue weighted by molar-refractivity contribution is 5.04. The van der Waals surface area contributed by atoms with Crippen molar-refractivity contribution in [3.63, 3.8) is 0 Å². The fraction of sp³-hybridized carbons (Fsp3) is 0.824. The highest BCUT2D eigenvalue weighted by atomic mass is 15.1. The third-order valence-corrected chi connectivity index (χ3v) is 4.54. The summed E-state index contributed by atoms with van der Waals surface area (Å²) in [6, 6.07) is 0. The normalized spacial score (nSPS) is 24.0. The van der Waals surface area contributed by atoms with Crippen LogP contribution in [0.1, 0.15) is 64.6 Å². The van der Waals surface area contributed by atoms with Crippen LogP contribution in [-0.2, 0) is 6.54 Å². The molecule has 0 amide bonds. The number of hydrogen-bond acceptors (Lipinski definition) is 2. The van der Waals surface area contributed by atoms with E-state index in [9.17, 15) is 0 Å². The number of nitrogens with zero attached hydrogens (tertiary/aromatic N) is 2. The van der Waals surface area contributed by atoms with Crippen molar-refractivity contribution < 1.29 is 0 Å². The molecule has 2 rings (SSSR count). The van der Waals surface area contributed by atoms with Gasteiger partial charge in [0, 0.05) is 24.9 Å². The van der Waals surface area contributed by atoms with Crippen molar-refractivity contribution in [1.82, 2.24) is 14.9 Å². The number of nitrogens with one attached hydrogen (secondary N) is 1. The Kier molecular flexibility index (Phi) is 6.08. The van der Waals surface area contributed by atoms with Gasteiger partial charge in [-0.05, 0) is 44.7 Å². The summed E-state index contributed by atoms with van der Waals surface area (Å²) in [5.74, 6) is 3.46. The van der Waals surface area contributed by atoms with Crippen molar-refractivity contribution in [2.45, 2.75) is 65.3 Å². The third kappa shape index (κ3) is 4.08. The predicted molar refractivity (Wildman–Crippen MR) is 84.9 cm³/mol. The SMILES string of the molecule is CCn1ccnc1C1CCCCCC1CNCC(C)C. The predicted octanol–water partition coefficient (Wildman–Crippen LogP) is 3.81. The first kappa shape index (κ1) is 15.6. The van der Waals surface area contributed by atoms with Crippen LogP contribution in [0.3, 0.4) is 0 Å². The van der Waals surface area contributed by atoms with Crippen LogP contribution in [0.5, 0.6) is 0 Å². The van der Waals surface area contributed by atoms with Gasteiger partial charge in [0.2, 0.25) is 0 Å². The van der Waals surface area contributed by atoms with Crippen molar-refractivity contribution >= 4 is 0 Å². The first-order chi connectivity index (χ1) is 9.72. The minimum absolute atomic E-state index is 0.645. The fourth-order valence-corrected chi connectivity index (χ4v) is 3.44. The molecule has 20 heavy (non-hydrogen) atoms. The second-order valence-corrected chi connectivity index (χ2v) is 6.63. The highest BCUT2D eigenvalue weighted by Gasteiger charge is 2.27. The zero-order chi connectivity index (χ0) is 14.4. The summed E-state index contributed by atoms with van der Waals surface area (Å²) < 4.78 is 2.34. The average molecular weight is 277 g/mol. The molecule has 1 aromatic rings. The van der Waals surface area contributed by atoms with E-state index in [0.717, 1.165) is 31.5 Å². The highest BCUT2D eigenvalue weighted by Crippen LogP contribution is 2.35. The Morgan fingerprint density at radius 3 is 2.85 bits per heavy atom. The Morgan fingerprint density at radius 2 is 2.10 bits per heavy atom. The molecule has 0 bridgehead atoms. The molecule has 1 aliphatic rings. The quantitative estimate of drug-likeness (QED) is 0.801. The van der Waals surface area contributed by atoms with Gasteiger partial charge in [0.25, 0.3) is 0 Å². The molecule has 1 aliphatic carbocycles. The summed E-state index contributed by atoms with van der Waals surface area (Å²) in [7, 11) is 0. The molecule has 0 aromatic carbocycles. The first-order valence-electron chi connectivity index (χ1n) is 8.44. The molecular weight excluding hydrogens is 246 g/mol. The Balaban J connectivity index is 2.05. The van der Waals surface area contributed by atoms with E-state index in [0.29, 0.717) is 5.92 Å². The Bertz CT molecular complexity index is 383. The smallest absolute Gasteiger partial charge is 0.112 e. The van der Waals surface area contributed by atoms with E-state index in [4.69, 9.17) is 0 Å². The summed E-state index contributed by atoms with van der Waals surface area (Å²) >= 11 is 0. The van der Waals surface area contributed by atoms with Crippen molar-refractivity contribution in [3.8, 4) is 0 Å². The van der Waals surface area contributed by atoms with Crippen molar-refractivity contribution in [2.24, 2.45) is 11.8 Å². The molecule has 1 saturated carbocycles. The monoisotopic (exact) mass is 277 g/mol. The lowest BCUT2D eigenvalue weighted by Crippen LogP contribution is -2.30. The maximum atomic E-state index is 4.68. The van der Waals surface area contributed by atoms with Gasteiger partial charge in [0.1, 0.15) is 5.82 Å². The zero-order valence-corrected chi connectivity index (χ0v) is 13.4. The van der Waals surface area contributed by atoms with E-state index < -0.39 is 0 Å². The maximum absolute atomic E-state index is 4.68. The Hall–Kier alpha value is -0.830. The lowest BCUT2D eigenvalue weighted by Gasteiger charge is -2.26. The van der Waals surface area contributed by atoms with E-state index in [1.165, 1.54) is 37.9 Å². The van der Waals surface area contributed by atoms with Gasteiger partial charge in [-0.3, -0.25) is 0 Å². The number of imidazole rings is 1. The van der Waals surface area contributed by atoms with Crippen molar-refractivity contribution in [1.29, 1.82) is 0 Å². The van der Waals surface area contributed by atoms with Crippen LogP contribution < -0.4 is 5.32 Å². The molecule has 3 heteroatoms. The van der Waals surface area contributed by atoms with Crippen molar-refractivity contribution in [3.05, 3.63) is 18.2 Å². The van der Waals surface area contributed by atoms with E-state index in [2.05, 4.69) is 41.8 Å². The van der Waals surface area contributed by atoms with Gasteiger partial charge in [-0.2, -0.15) is 0 Å². The van der Waals surface area contributed by atoms with E-state index in [1.54, 1.807) is 0 Å². The molecular formula is C17H31N3. The molecule has 1 N–H and O–H groups in total. The van der Waals surface area contributed by atoms with Crippen LogP contribution in [-0.4, -0.2) is 22.6 Å². The number of aromatic nitrogens is 2. The first-order valence-corrected chi connectivity index (χ1v) is 8.44. The molecule has 2 unspecified atom stereocenters. The minimum Gasteiger partial charge on any atom is -0.335 e.